The van der Waals surface area contributed by atoms with Crippen LogP contribution in [0.4, 0.5) is 0 Å². The van der Waals surface area contributed by atoms with Crippen LogP contribution in [0.5, 0.6) is 0 Å². The average molecular weight is 301 g/mol. The molecule has 0 radical (unpaired) electrons. The summed E-state index contributed by atoms with van der Waals surface area (Å²) in [6.45, 7) is 1.38. The number of aliphatic carboxylic acids is 1. The molecule has 1 fully saturated rings. The molecule has 0 unspecified atom stereocenters. The largest absolute Gasteiger partial charge is 0.480 e. The van der Waals surface area contributed by atoms with E-state index in [9.17, 15) is 24.3 Å². The maximum Gasteiger partial charge on any atom is 0.326 e. The number of carboxylic acids is 1. The molecule has 2 atom stereocenters. The van der Waals surface area contributed by atoms with Crippen LogP contribution in [0.1, 0.15) is 19.8 Å². The zero-order valence-corrected chi connectivity index (χ0v) is 12.1. The maximum absolute atomic E-state index is 11.7. The van der Waals surface area contributed by atoms with Crippen molar-refractivity contribution >= 4 is 23.8 Å². The fourth-order valence-corrected chi connectivity index (χ4v) is 2.01. The van der Waals surface area contributed by atoms with Crippen LogP contribution in [0.2, 0.25) is 0 Å². The molecule has 0 aliphatic heterocycles. The highest BCUT2D eigenvalue weighted by molar-refractivity contribution is 5.96. The Kier molecular flexibility index (Phi) is 5.69. The number of ether oxygens (including phenoxy) is 2. The Bertz CT molecular complexity index is 428. The maximum atomic E-state index is 11.7. The molecule has 0 heterocycles. The van der Waals surface area contributed by atoms with Gasteiger partial charge in [0.2, 0.25) is 5.91 Å². The van der Waals surface area contributed by atoms with E-state index in [2.05, 4.69) is 14.8 Å². The van der Waals surface area contributed by atoms with E-state index in [1.807, 2.05) is 0 Å². The summed E-state index contributed by atoms with van der Waals surface area (Å²) >= 11 is 0. The first-order valence-electron chi connectivity index (χ1n) is 6.52. The summed E-state index contributed by atoms with van der Waals surface area (Å²) in [5.41, 5.74) is 0. The van der Waals surface area contributed by atoms with Crippen molar-refractivity contribution < 1.29 is 33.8 Å². The number of nitrogens with one attached hydrogen (secondary N) is 1. The number of methoxy groups -OCH3 is 2. The molecule has 1 amide bonds. The quantitative estimate of drug-likeness (QED) is 0.483. The monoisotopic (exact) mass is 301 g/mol. The van der Waals surface area contributed by atoms with Crippen LogP contribution in [-0.4, -0.2) is 49.2 Å². The number of amides is 1. The minimum absolute atomic E-state index is 0.186. The van der Waals surface area contributed by atoms with E-state index < -0.39 is 35.8 Å². The molecule has 118 valence electrons. The number of hydrogen-bond acceptors (Lipinski definition) is 6. The Balaban J connectivity index is 2.91. The minimum atomic E-state index is -1.42. The Morgan fingerprint density at radius 1 is 1.10 bits per heavy atom. The summed E-state index contributed by atoms with van der Waals surface area (Å²) < 4.78 is 9.01. The molecule has 1 saturated carbocycles. The van der Waals surface area contributed by atoms with Crippen molar-refractivity contribution in [1.82, 2.24) is 5.32 Å². The van der Waals surface area contributed by atoms with Gasteiger partial charge in [-0.1, -0.05) is 6.92 Å². The standard InChI is InChI=1S/C13H19NO7/c1-6(8(12(18)20-2)13(19)21-3)9(11(16)17)14-10(15)7-4-5-7/h6-9H,4-5H2,1-3H3,(H,14,15)(H,16,17)/t6-,9+/m0/s1. The molecular formula is C13H19NO7. The second-order valence-electron chi connectivity index (χ2n) is 4.98. The lowest BCUT2D eigenvalue weighted by atomic mass is 9.87. The molecule has 0 aromatic carbocycles. The molecular weight excluding hydrogens is 282 g/mol. The third-order valence-corrected chi connectivity index (χ3v) is 3.47. The molecule has 0 aromatic rings. The van der Waals surface area contributed by atoms with E-state index >= 15 is 0 Å². The zero-order valence-electron chi connectivity index (χ0n) is 12.1. The van der Waals surface area contributed by atoms with Gasteiger partial charge in [0.15, 0.2) is 5.92 Å². The minimum Gasteiger partial charge on any atom is -0.480 e. The Morgan fingerprint density at radius 2 is 1.57 bits per heavy atom. The topological polar surface area (TPSA) is 119 Å². The number of carbonyl (C=O) groups excluding carboxylic acids is 3. The van der Waals surface area contributed by atoms with Gasteiger partial charge in [-0.15, -0.1) is 0 Å². The molecule has 1 aliphatic carbocycles. The molecule has 0 saturated heterocycles. The van der Waals surface area contributed by atoms with E-state index in [4.69, 9.17) is 0 Å². The predicted octanol–water partition coefficient (Wildman–Crippen LogP) is -0.436. The Labute approximate surface area is 121 Å². The van der Waals surface area contributed by atoms with Crippen LogP contribution in [0.3, 0.4) is 0 Å². The van der Waals surface area contributed by atoms with Crippen molar-refractivity contribution in [2.45, 2.75) is 25.8 Å². The van der Waals surface area contributed by atoms with Crippen LogP contribution < -0.4 is 5.32 Å². The molecule has 21 heavy (non-hydrogen) atoms. The van der Waals surface area contributed by atoms with Gasteiger partial charge in [0, 0.05) is 11.8 Å². The normalized spacial score (nSPS) is 16.8. The third-order valence-electron chi connectivity index (χ3n) is 3.47. The van der Waals surface area contributed by atoms with Crippen molar-refractivity contribution in [2.24, 2.45) is 17.8 Å². The van der Waals surface area contributed by atoms with Gasteiger partial charge in [0.25, 0.3) is 0 Å². The summed E-state index contributed by atoms with van der Waals surface area (Å²) in [4.78, 5) is 46.4. The lowest BCUT2D eigenvalue weighted by Crippen LogP contribution is -2.50. The van der Waals surface area contributed by atoms with E-state index in [0.717, 1.165) is 14.2 Å². The second-order valence-corrected chi connectivity index (χ2v) is 4.98. The van der Waals surface area contributed by atoms with E-state index in [-0.39, 0.29) is 11.8 Å². The molecule has 0 bridgehead atoms. The smallest absolute Gasteiger partial charge is 0.326 e. The highest BCUT2D eigenvalue weighted by Gasteiger charge is 2.43. The van der Waals surface area contributed by atoms with Gasteiger partial charge < -0.3 is 19.9 Å². The average Bonchev–Trinajstić information content (AvgIpc) is 3.27. The SMILES string of the molecule is COC(=O)C(C(=O)OC)[C@H](C)[C@@H](NC(=O)C1CC1)C(=O)O. The summed E-state index contributed by atoms with van der Waals surface area (Å²) in [7, 11) is 2.17. The van der Waals surface area contributed by atoms with Gasteiger partial charge >= 0.3 is 17.9 Å². The van der Waals surface area contributed by atoms with Gasteiger partial charge in [0.1, 0.15) is 6.04 Å². The molecule has 1 rings (SSSR count). The van der Waals surface area contributed by atoms with Crippen molar-refractivity contribution in [3.63, 3.8) is 0 Å². The van der Waals surface area contributed by atoms with Gasteiger partial charge in [-0.05, 0) is 12.8 Å². The number of carbonyl (C=O) groups is 4. The van der Waals surface area contributed by atoms with Gasteiger partial charge in [0.05, 0.1) is 14.2 Å². The number of hydrogen-bond donors (Lipinski definition) is 2. The first-order chi connectivity index (χ1) is 9.83. The van der Waals surface area contributed by atoms with E-state index in [1.165, 1.54) is 6.92 Å². The molecule has 8 nitrogen and oxygen atoms in total. The van der Waals surface area contributed by atoms with Crippen LogP contribution in [0, 0.1) is 17.8 Å². The first kappa shape index (κ1) is 16.9. The Morgan fingerprint density at radius 3 is 1.90 bits per heavy atom. The lowest BCUT2D eigenvalue weighted by molar-refractivity contribution is -0.163. The number of carboxylic acid groups (broad SMARTS) is 1. The number of rotatable bonds is 7. The molecule has 8 heteroatoms. The highest BCUT2D eigenvalue weighted by Crippen LogP contribution is 2.29. The van der Waals surface area contributed by atoms with E-state index in [0.29, 0.717) is 12.8 Å². The number of esters is 2. The van der Waals surface area contributed by atoms with Crippen LogP contribution in [0.15, 0.2) is 0 Å². The highest BCUT2D eigenvalue weighted by atomic mass is 16.5. The first-order valence-corrected chi connectivity index (χ1v) is 6.52. The molecule has 1 aliphatic rings. The molecule has 0 aromatic heterocycles. The van der Waals surface area contributed by atoms with Crippen molar-refractivity contribution in [1.29, 1.82) is 0 Å². The fourth-order valence-electron chi connectivity index (χ4n) is 2.01. The fraction of sp³-hybridized carbons (Fsp3) is 0.692. The third kappa shape index (κ3) is 4.17. The van der Waals surface area contributed by atoms with Crippen molar-refractivity contribution in [3.8, 4) is 0 Å². The predicted molar refractivity (Wildman–Crippen MR) is 69.0 cm³/mol. The molecule has 0 spiro atoms. The van der Waals surface area contributed by atoms with Crippen LogP contribution in [-0.2, 0) is 28.7 Å². The summed E-state index contributed by atoms with van der Waals surface area (Å²) in [5.74, 6) is -6.13. The van der Waals surface area contributed by atoms with Crippen molar-refractivity contribution in [3.05, 3.63) is 0 Å². The van der Waals surface area contributed by atoms with Gasteiger partial charge in [-0.2, -0.15) is 0 Å². The van der Waals surface area contributed by atoms with Gasteiger partial charge in [-0.3, -0.25) is 14.4 Å². The van der Waals surface area contributed by atoms with Gasteiger partial charge in [-0.25, -0.2) is 4.79 Å². The zero-order chi connectivity index (χ0) is 16.2. The summed E-state index contributed by atoms with van der Waals surface area (Å²) in [6, 6.07) is -1.37. The van der Waals surface area contributed by atoms with E-state index in [1.54, 1.807) is 0 Å². The lowest BCUT2D eigenvalue weighted by Gasteiger charge is -2.26. The van der Waals surface area contributed by atoms with Crippen LogP contribution in [0.25, 0.3) is 0 Å². The summed E-state index contributed by atoms with van der Waals surface area (Å²) in [5, 5.41) is 11.6. The second kappa shape index (κ2) is 7.05. The molecule has 2 N–H and O–H groups in total. The summed E-state index contributed by atoms with van der Waals surface area (Å²) in [6.07, 6.45) is 1.42. The Hall–Kier alpha value is -2.12. The van der Waals surface area contributed by atoms with Crippen molar-refractivity contribution in [2.75, 3.05) is 14.2 Å². The van der Waals surface area contributed by atoms with Crippen LogP contribution >= 0.6 is 0 Å².